The molecule has 0 aromatic heterocycles. The van der Waals surface area contributed by atoms with E-state index in [4.69, 9.17) is 15.6 Å². The maximum atomic E-state index is 12.7. The van der Waals surface area contributed by atoms with Gasteiger partial charge in [0.05, 0.1) is 18.8 Å². The summed E-state index contributed by atoms with van der Waals surface area (Å²) < 4.78 is 43.8. The second kappa shape index (κ2) is 10.1. The Morgan fingerprint density at radius 3 is 2.00 bits per heavy atom. The molecule has 8 heteroatoms. The molecule has 0 aliphatic rings. The Morgan fingerprint density at radius 2 is 1.48 bits per heavy atom. The summed E-state index contributed by atoms with van der Waals surface area (Å²) >= 11 is 0. The number of nitrogens with two attached hydrogens (primary N) is 1. The van der Waals surface area contributed by atoms with Gasteiger partial charge in [-0.2, -0.15) is 13.2 Å². The Bertz CT molecular complexity index is 1060. The molecular formula is C25H25F3N2O3. The lowest BCUT2D eigenvalue weighted by atomic mass is 10.0. The van der Waals surface area contributed by atoms with E-state index < -0.39 is 29.8 Å². The Morgan fingerprint density at radius 1 is 0.939 bits per heavy atom. The molecule has 174 valence electrons. The molecule has 1 amide bonds. The van der Waals surface area contributed by atoms with Gasteiger partial charge in [0, 0.05) is 12.1 Å². The predicted molar refractivity (Wildman–Crippen MR) is 121 cm³/mol. The largest absolute Gasteiger partial charge is 0.493 e. The fourth-order valence-corrected chi connectivity index (χ4v) is 2.98. The van der Waals surface area contributed by atoms with Crippen molar-refractivity contribution in [2.75, 3.05) is 18.5 Å². The van der Waals surface area contributed by atoms with E-state index in [1.54, 1.807) is 24.3 Å². The molecule has 5 nitrogen and oxygen atoms in total. The highest BCUT2D eigenvalue weighted by Crippen LogP contribution is 2.31. The molecule has 33 heavy (non-hydrogen) atoms. The summed E-state index contributed by atoms with van der Waals surface area (Å²) in [5.41, 5.74) is 6.78. The van der Waals surface area contributed by atoms with Crippen molar-refractivity contribution in [2.24, 2.45) is 5.73 Å². The number of rotatable bonds is 8. The van der Waals surface area contributed by atoms with Gasteiger partial charge < -0.3 is 20.9 Å². The first kappa shape index (κ1) is 24.3. The molecule has 0 saturated carbocycles. The van der Waals surface area contributed by atoms with E-state index in [9.17, 15) is 18.0 Å². The number of halogens is 3. The quantitative estimate of drug-likeness (QED) is 0.459. The fourth-order valence-electron chi connectivity index (χ4n) is 2.98. The van der Waals surface area contributed by atoms with Gasteiger partial charge in [-0.25, -0.2) is 0 Å². The molecule has 1 unspecified atom stereocenters. The number of aliphatic hydroxyl groups excluding tert-OH is 1. The molecule has 0 fully saturated rings. The summed E-state index contributed by atoms with van der Waals surface area (Å²) in [7, 11) is 0. The fraction of sp³-hybridized carbons (Fsp3) is 0.240. The van der Waals surface area contributed by atoms with Crippen molar-refractivity contribution in [3.8, 4) is 16.9 Å². The topological polar surface area (TPSA) is 84.6 Å². The van der Waals surface area contributed by atoms with Gasteiger partial charge >= 0.3 is 6.18 Å². The molecular weight excluding hydrogens is 433 g/mol. The lowest BCUT2D eigenvalue weighted by molar-refractivity contribution is -0.137. The number of aliphatic hydroxyl groups is 1. The van der Waals surface area contributed by atoms with Crippen LogP contribution in [0.2, 0.25) is 0 Å². The number of hydrogen-bond donors (Lipinski definition) is 3. The first-order valence-electron chi connectivity index (χ1n) is 10.3. The van der Waals surface area contributed by atoms with Crippen LogP contribution in [0.15, 0.2) is 72.8 Å². The van der Waals surface area contributed by atoms with Gasteiger partial charge in [-0.05, 0) is 60.0 Å². The number of hydrogen-bond acceptors (Lipinski definition) is 4. The summed E-state index contributed by atoms with van der Waals surface area (Å²) in [4.78, 5) is 12.0. The van der Waals surface area contributed by atoms with Crippen LogP contribution in [0.25, 0.3) is 11.1 Å². The van der Waals surface area contributed by atoms with Crippen molar-refractivity contribution in [2.45, 2.75) is 25.1 Å². The monoisotopic (exact) mass is 458 g/mol. The Kier molecular flexibility index (Phi) is 7.40. The third kappa shape index (κ3) is 6.57. The number of alkyl halides is 3. The number of carbonyl (C=O) groups is 1. The molecule has 3 aromatic carbocycles. The standard InChI is InChI=1S/C25H25F3N2O3/c1-24(29,16-31)23(32)30-21-10-12-22(13-11-21)33-15-14-17-2-4-18(5-3-17)19-6-8-20(9-7-19)25(26,27)28/h2-13,31H,14-16,29H2,1H3,(H,30,32). The van der Waals surface area contributed by atoms with Crippen LogP contribution >= 0.6 is 0 Å². The van der Waals surface area contributed by atoms with Crippen molar-refractivity contribution in [1.82, 2.24) is 0 Å². The molecule has 0 radical (unpaired) electrons. The Labute approximate surface area is 190 Å². The molecule has 1 atom stereocenters. The summed E-state index contributed by atoms with van der Waals surface area (Å²) in [6.07, 6.45) is -3.70. The number of amides is 1. The molecule has 0 spiro atoms. The zero-order valence-corrected chi connectivity index (χ0v) is 18.0. The minimum absolute atomic E-state index is 0.427. The molecule has 0 heterocycles. The lowest BCUT2D eigenvalue weighted by Gasteiger charge is -2.20. The smallest absolute Gasteiger partial charge is 0.416 e. The predicted octanol–water partition coefficient (Wildman–Crippen LogP) is 4.64. The summed E-state index contributed by atoms with van der Waals surface area (Å²) in [6, 6.07) is 19.4. The van der Waals surface area contributed by atoms with E-state index in [1.165, 1.54) is 19.1 Å². The summed E-state index contributed by atoms with van der Waals surface area (Å²) in [6.45, 7) is 1.40. The van der Waals surface area contributed by atoms with Gasteiger partial charge in [0.25, 0.3) is 0 Å². The van der Waals surface area contributed by atoms with E-state index in [2.05, 4.69) is 5.32 Å². The van der Waals surface area contributed by atoms with Gasteiger partial charge in [0.2, 0.25) is 5.91 Å². The first-order chi connectivity index (χ1) is 15.6. The Balaban J connectivity index is 1.50. The van der Waals surface area contributed by atoms with Crippen LogP contribution in [-0.2, 0) is 17.4 Å². The van der Waals surface area contributed by atoms with E-state index in [0.717, 1.165) is 23.3 Å². The van der Waals surface area contributed by atoms with Crippen LogP contribution < -0.4 is 15.8 Å². The summed E-state index contributed by atoms with van der Waals surface area (Å²) in [5, 5.41) is 11.8. The normalized spacial score (nSPS) is 13.3. The molecule has 0 bridgehead atoms. The second-order valence-corrected chi connectivity index (χ2v) is 7.92. The van der Waals surface area contributed by atoms with Crippen LogP contribution in [0, 0.1) is 0 Å². The second-order valence-electron chi connectivity index (χ2n) is 7.92. The lowest BCUT2D eigenvalue weighted by Crippen LogP contribution is -2.51. The number of benzene rings is 3. The third-order valence-corrected chi connectivity index (χ3v) is 5.12. The SMILES string of the molecule is CC(N)(CO)C(=O)Nc1ccc(OCCc2ccc(-c3ccc(C(F)(F)F)cc3)cc2)cc1. The van der Waals surface area contributed by atoms with Crippen LogP contribution in [0.1, 0.15) is 18.1 Å². The third-order valence-electron chi connectivity index (χ3n) is 5.12. The highest BCUT2D eigenvalue weighted by atomic mass is 19.4. The Hall–Kier alpha value is -3.36. The number of nitrogens with one attached hydrogen (secondary N) is 1. The van der Waals surface area contributed by atoms with Crippen LogP contribution in [0.4, 0.5) is 18.9 Å². The summed E-state index contributed by atoms with van der Waals surface area (Å²) in [5.74, 6) is 0.144. The average molecular weight is 458 g/mol. The van der Waals surface area contributed by atoms with E-state index in [1.807, 2.05) is 24.3 Å². The maximum absolute atomic E-state index is 12.7. The van der Waals surface area contributed by atoms with E-state index in [0.29, 0.717) is 30.0 Å². The molecule has 3 rings (SSSR count). The minimum Gasteiger partial charge on any atom is -0.493 e. The number of ether oxygens (including phenoxy) is 1. The van der Waals surface area contributed by atoms with Crippen molar-refractivity contribution in [1.29, 1.82) is 0 Å². The van der Waals surface area contributed by atoms with Crippen molar-refractivity contribution in [3.05, 3.63) is 83.9 Å². The highest BCUT2D eigenvalue weighted by Gasteiger charge is 2.30. The van der Waals surface area contributed by atoms with E-state index >= 15 is 0 Å². The molecule has 0 aliphatic carbocycles. The zero-order chi connectivity index (χ0) is 24.1. The average Bonchev–Trinajstić information content (AvgIpc) is 2.80. The number of carbonyl (C=O) groups excluding carboxylic acids is 1. The van der Waals surface area contributed by atoms with Crippen LogP contribution in [-0.4, -0.2) is 29.8 Å². The van der Waals surface area contributed by atoms with Crippen LogP contribution in [0.3, 0.4) is 0 Å². The molecule has 0 saturated heterocycles. The first-order valence-corrected chi connectivity index (χ1v) is 10.3. The van der Waals surface area contributed by atoms with Crippen molar-refractivity contribution < 1.29 is 27.8 Å². The van der Waals surface area contributed by atoms with Gasteiger partial charge in [-0.3, -0.25) is 4.79 Å². The highest BCUT2D eigenvalue weighted by molar-refractivity contribution is 5.97. The van der Waals surface area contributed by atoms with Gasteiger partial charge in [-0.1, -0.05) is 36.4 Å². The molecule has 3 aromatic rings. The van der Waals surface area contributed by atoms with Crippen molar-refractivity contribution in [3.63, 3.8) is 0 Å². The zero-order valence-electron chi connectivity index (χ0n) is 18.0. The van der Waals surface area contributed by atoms with Crippen LogP contribution in [0.5, 0.6) is 5.75 Å². The minimum atomic E-state index is -4.34. The number of anilines is 1. The van der Waals surface area contributed by atoms with Crippen molar-refractivity contribution >= 4 is 11.6 Å². The van der Waals surface area contributed by atoms with Gasteiger partial charge in [0.15, 0.2) is 0 Å². The molecule has 0 aliphatic heterocycles. The van der Waals surface area contributed by atoms with Gasteiger partial charge in [-0.15, -0.1) is 0 Å². The van der Waals surface area contributed by atoms with Gasteiger partial charge in [0.1, 0.15) is 11.3 Å². The van der Waals surface area contributed by atoms with E-state index in [-0.39, 0.29) is 0 Å². The maximum Gasteiger partial charge on any atom is 0.416 e. The molecule has 4 N–H and O–H groups in total.